The average Bonchev–Trinajstić information content (AvgIpc) is 2.15. The zero-order valence-electron chi connectivity index (χ0n) is 6.87. The predicted octanol–water partition coefficient (Wildman–Crippen LogP) is -1.29. The molecule has 13 heavy (non-hydrogen) atoms. The van der Waals surface area contributed by atoms with E-state index in [0.29, 0.717) is 4.73 Å². The number of aromatic nitrogens is 1. The van der Waals surface area contributed by atoms with Crippen LogP contribution < -0.4 is 4.73 Å². The van der Waals surface area contributed by atoms with Crippen molar-refractivity contribution in [3.63, 3.8) is 0 Å². The first kappa shape index (κ1) is 9.91. The molecule has 3 N–H and O–H groups in total. The Bertz CT molecular complexity index is 279. The molecule has 2 atom stereocenters. The summed E-state index contributed by atoms with van der Waals surface area (Å²) >= 11 is 0. The molecular formula is C8H11NO4. The molecule has 2 unspecified atom stereocenters. The Morgan fingerprint density at radius 1 is 1.46 bits per heavy atom. The molecular weight excluding hydrogens is 174 g/mol. The number of aliphatic hydroxyl groups excluding tert-OH is 3. The van der Waals surface area contributed by atoms with Crippen molar-refractivity contribution in [1.29, 1.82) is 0 Å². The Hall–Kier alpha value is -1.17. The second kappa shape index (κ2) is 4.18. The van der Waals surface area contributed by atoms with Gasteiger partial charge in [-0.2, -0.15) is 4.73 Å². The van der Waals surface area contributed by atoms with Gasteiger partial charge in [-0.3, -0.25) is 0 Å². The van der Waals surface area contributed by atoms with Crippen LogP contribution in [-0.4, -0.2) is 28.0 Å². The largest absolute Gasteiger partial charge is 0.619 e. The molecule has 5 nitrogen and oxygen atoms in total. The van der Waals surface area contributed by atoms with Crippen LogP contribution in [0.5, 0.6) is 0 Å². The summed E-state index contributed by atoms with van der Waals surface area (Å²) in [5, 5.41) is 37.7. The van der Waals surface area contributed by atoms with Gasteiger partial charge in [0.05, 0.1) is 6.61 Å². The Morgan fingerprint density at radius 3 is 2.69 bits per heavy atom. The summed E-state index contributed by atoms with van der Waals surface area (Å²) in [6, 6.07) is 2.95. The zero-order chi connectivity index (χ0) is 9.84. The topological polar surface area (TPSA) is 87.6 Å². The van der Waals surface area contributed by atoms with Gasteiger partial charge in [0.25, 0.3) is 0 Å². The molecule has 1 rings (SSSR count). The second-order valence-electron chi connectivity index (χ2n) is 2.69. The van der Waals surface area contributed by atoms with E-state index in [1.165, 1.54) is 18.3 Å². The molecule has 0 aliphatic heterocycles. The fraction of sp³-hybridized carbons (Fsp3) is 0.375. The highest BCUT2D eigenvalue weighted by Gasteiger charge is 2.18. The lowest BCUT2D eigenvalue weighted by atomic mass is 10.1. The summed E-state index contributed by atoms with van der Waals surface area (Å²) in [4.78, 5) is 0. The van der Waals surface area contributed by atoms with E-state index < -0.39 is 18.8 Å². The summed E-state index contributed by atoms with van der Waals surface area (Å²) in [5.41, 5.74) is 0.277. The molecule has 1 aromatic rings. The van der Waals surface area contributed by atoms with Crippen LogP contribution in [0.3, 0.4) is 0 Å². The van der Waals surface area contributed by atoms with Gasteiger partial charge in [0.15, 0.2) is 12.4 Å². The van der Waals surface area contributed by atoms with Gasteiger partial charge in [-0.15, -0.1) is 0 Å². The van der Waals surface area contributed by atoms with Crippen molar-refractivity contribution in [1.82, 2.24) is 0 Å². The van der Waals surface area contributed by atoms with E-state index in [1.807, 2.05) is 0 Å². The van der Waals surface area contributed by atoms with E-state index >= 15 is 0 Å². The molecule has 1 heterocycles. The highest BCUT2D eigenvalue weighted by atomic mass is 16.5. The molecule has 0 saturated heterocycles. The number of hydrogen-bond donors (Lipinski definition) is 3. The monoisotopic (exact) mass is 185 g/mol. The van der Waals surface area contributed by atoms with Gasteiger partial charge in [-0.25, -0.2) is 0 Å². The minimum atomic E-state index is -1.26. The number of pyridine rings is 1. The van der Waals surface area contributed by atoms with Crippen molar-refractivity contribution in [3.05, 3.63) is 35.3 Å². The molecule has 0 aliphatic carbocycles. The molecule has 72 valence electrons. The van der Waals surface area contributed by atoms with Crippen molar-refractivity contribution in [2.45, 2.75) is 12.2 Å². The van der Waals surface area contributed by atoms with Crippen molar-refractivity contribution in [2.24, 2.45) is 0 Å². The lowest BCUT2D eigenvalue weighted by Crippen LogP contribution is -2.28. The number of hydrogen-bond acceptors (Lipinski definition) is 4. The fourth-order valence-corrected chi connectivity index (χ4v) is 0.969. The van der Waals surface area contributed by atoms with E-state index in [1.54, 1.807) is 0 Å². The third-order valence-electron chi connectivity index (χ3n) is 1.69. The van der Waals surface area contributed by atoms with Gasteiger partial charge in [-0.1, -0.05) is 0 Å². The molecule has 0 aromatic carbocycles. The highest BCUT2D eigenvalue weighted by Crippen LogP contribution is 2.13. The standard InChI is InChI=1S/C8H11NO4/c10-5-7(11)8(12)6-2-1-3-9(13)4-6/h1-4,7-8,10-12H,5H2. The van der Waals surface area contributed by atoms with Crippen LogP contribution in [0, 0.1) is 5.21 Å². The van der Waals surface area contributed by atoms with Gasteiger partial charge in [-0.05, 0) is 6.07 Å². The normalized spacial score (nSPS) is 15.3. The van der Waals surface area contributed by atoms with E-state index in [2.05, 4.69) is 0 Å². The maximum Gasteiger partial charge on any atom is 0.186 e. The smallest absolute Gasteiger partial charge is 0.186 e. The van der Waals surface area contributed by atoms with Crippen LogP contribution in [0.25, 0.3) is 0 Å². The lowest BCUT2D eigenvalue weighted by Gasteiger charge is -2.14. The Labute approximate surface area is 75.1 Å². The number of rotatable bonds is 3. The molecule has 0 aliphatic rings. The number of nitrogens with zero attached hydrogens (tertiary/aromatic N) is 1. The van der Waals surface area contributed by atoms with Gasteiger partial charge in [0.2, 0.25) is 0 Å². The minimum Gasteiger partial charge on any atom is -0.619 e. The highest BCUT2D eigenvalue weighted by molar-refractivity contribution is 5.10. The van der Waals surface area contributed by atoms with Crippen LogP contribution in [0.15, 0.2) is 24.5 Å². The van der Waals surface area contributed by atoms with Crippen LogP contribution >= 0.6 is 0 Å². The Balaban J connectivity index is 2.82. The van der Waals surface area contributed by atoms with Crippen LogP contribution in [-0.2, 0) is 0 Å². The van der Waals surface area contributed by atoms with Crippen LogP contribution in [0.2, 0.25) is 0 Å². The summed E-state index contributed by atoms with van der Waals surface area (Å²) < 4.78 is 0.517. The first-order chi connectivity index (χ1) is 6.15. The first-order valence-corrected chi connectivity index (χ1v) is 3.81. The summed E-state index contributed by atoms with van der Waals surface area (Å²) in [7, 11) is 0. The zero-order valence-corrected chi connectivity index (χ0v) is 6.87. The van der Waals surface area contributed by atoms with Crippen LogP contribution in [0.4, 0.5) is 0 Å². The molecule has 0 amide bonds. The Kier molecular flexibility index (Phi) is 3.18. The van der Waals surface area contributed by atoms with Gasteiger partial charge >= 0.3 is 0 Å². The molecule has 5 heteroatoms. The molecule has 0 bridgehead atoms. The van der Waals surface area contributed by atoms with Crippen molar-refractivity contribution >= 4 is 0 Å². The molecule has 0 radical (unpaired) electrons. The summed E-state index contributed by atoms with van der Waals surface area (Å²) in [6.45, 7) is -0.547. The molecule has 0 spiro atoms. The van der Waals surface area contributed by atoms with Crippen molar-refractivity contribution < 1.29 is 20.0 Å². The lowest BCUT2D eigenvalue weighted by molar-refractivity contribution is -0.606. The van der Waals surface area contributed by atoms with Crippen molar-refractivity contribution in [3.8, 4) is 0 Å². The van der Waals surface area contributed by atoms with Gasteiger partial charge < -0.3 is 20.5 Å². The third-order valence-corrected chi connectivity index (χ3v) is 1.69. The molecule has 0 fully saturated rings. The molecule has 1 aromatic heterocycles. The van der Waals surface area contributed by atoms with E-state index in [0.717, 1.165) is 6.20 Å². The Morgan fingerprint density at radius 2 is 2.15 bits per heavy atom. The van der Waals surface area contributed by atoms with Gasteiger partial charge in [0.1, 0.15) is 12.2 Å². The first-order valence-electron chi connectivity index (χ1n) is 3.81. The van der Waals surface area contributed by atoms with E-state index in [4.69, 9.17) is 10.2 Å². The molecule has 0 saturated carbocycles. The quantitative estimate of drug-likeness (QED) is 0.403. The summed E-state index contributed by atoms with van der Waals surface area (Å²) in [5.74, 6) is 0. The van der Waals surface area contributed by atoms with Gasteiger partial charge in [0, 0.05) is 11.6 Å². The SMILES string of the molecule is [O-][n+]1cccc(C(O)C(O)CO)c1. The maximum atomic E-state index is 10.8. The predicted molar refractivity (Wildman–Crippen MR) is 43.5 cm³/mol. The second-order valence-corrected chi connectivity index (χ2v) is 2.69. The minimum absolute atomic E-state index is 0.277. The van der Waals surface area contributed by atoms with Crippen molar-refractivity contribution in [2.75, 3.05) is 6.61 Å². The fourth-order valence-electron chi connectivity index (χ4n) is 0.969. The van der Waals surface area contributed by atoms with Crippen LogP contribution in [0.1, 0.15) is 11.7 Å². The number of aliphatic hydroxyl groups is 3. The van der Waals surface area contributed by atoms with E-state index in [9.17, 15) is 10.3 Å². The average molecular weight is 185 g/mol. The maximum absolute atomic E-state index is 10.8. The third kappa shape index (κ3) is 2.38. The van der Waals surface area contributed by atoms with E-state index in [-0.39, 0.29) is 5.56 Å². The summed E-state index contributed by atoms with van der Waals surface area (Å²) in [6.07, 6.45) is -0.0840.